The van der Waals surface area contributed by atoms with Gasteiger partial charge in [-0.05, 0) is 12.1 Å². The number of fused-ring (bicyclic) bond motifs is 1. The Kier molecular flexibility index (Phi) is 2.96. The summed E-state index contributed by atoms with van der Waals surface area (Å²) in [5.74, 6) is -0.960. The van der Waals surface area contributed by atoms with Crippen molar-refractivity contribution in [2.45, 2.75) is 0 Å². The van der Waals surface area contributed by atoms with Gasteiger partial charge in [-0.1, -0.05) is 23.5 Å². The lowest BCUT2D eigenvalue weighted by Gasteiger charge is -2.01. The first-order chi connectivity index (χ1) is 9.63. The minimum absolute atomic E-state index is 0.109. The minimum atomic E-state index is -0.354. The summed E-state index contributed by atoms with van der Waals surface area (Å²) < 4.78 is 0.973. The van der Waals surface area contributed by atoms with Gasteiger partial charge < -0.3 is 15.3 Å². The van der Waals surface area contributed by atoms with Crippen LogP contribution in [0.4, 0.5) is 10.8 Å². The molecule has 0 bridgehead atoms. The Bertz CT molecular complexity index is 757. The molecule has 3 aromatic rings. The molecule has 0 saturated heterocycles. The summed E-state index contributed by atoms with van der Waals surface area (Å²) in [6.45, 7) is 0. The van der Waals surface area contributed by atoms with Crippen LogP contribution in [0.3, 0.4) is 0 Å². The minimum Gasteiger partial charge on any atom is -0.508 e. The van der Waals surface area contributed by atoms with Crippen molar-refractivity contribution in [3.05, 3.63) is 36.4 Å². The number of nitrogens with zero attached hydrogens (tertiary/aromatic N) is 3. The van der Waals surface area contributed by atoms with Gasteiger partial charge in [0.1, 0.15) is 5.75 Å². The number of hydrogen-bond acceptors (Lipinski definition) is 7. The monoisotopic (exact) mass is 287 g/mol. The van der Waals surface area contributed by atoms with Gasteiger partial charge in [-0.2, -0.15) is 0 Å². The highest BCUT2D eigenvalue weighted by molar-refractivity contribution is 7.21. The van der Waals surface area contributed by atoms with Crippen LogP contribution in [-0.4, -0.2) is 20.3 Å². The van der Waals surface area contributed by atoms with Crippen LogP contribution in [0.1, 0.15) is 0 Å². The smallest absolute Gasteiger partial charge is 0.231 e. The van der Waals surface area contributed by atoms with Crippen molar-refractivity contribution < 1.29 is 15.3 Å². The normalized spacial score (nSPS) is 11.4. The number of thiazole rings is 1. The van der Waals surface area contributed by atoms with E-state index in [2.05, 4.69) is 15.2 Å². The Balaban J connectivity index is 1.98. The Morgan fingerprint density at radius 1 is 0.950 bits per heavy atom. The van der Waals surface area contributed by atoms with E-state index in [0.29, 0.717) is 5.13 Å². The molecule has 1 heterocycles. The number of rotatable bonds is 2. The van der Waals surface area contributed by atoms with Crippen molar-refractivity contribution in [3.63, 3.8) is 0 Å². The number of phenols is 3. The van der Waals surface area contributed by atoms with Crippen molar-refractivity contribution in [3.8, 4) is 17.2 Å². The van der Waals surface area contributed by atoms with Gasteiger partial charge in [0, 0.05) is 12.1 Å². The molecule has 0 saturated carbocycles. The van der Waals surface area contributed by atoms with Crippen molar-refractivity contribution in [2.75, 3.05) is 0 Å². The van der Waals surface area contributed by atoms with Crippen molar-refractivity contribution in [2.24, 2.45) is 10.2 Å². The summed E-state index contributed by atoms with van der Waals surface area (Å²) in [6, 6.07) is 9.71. The maximum absolute atomic E-state index is 9.60. The van der Waals surface area contributed by atoms with E-state index in [9.17, 15) is 15.3 Å². The lowest BCUT2D eigenvalue weighted by molar-refractivity contribution is 0.429. The molecular weight excluding hydrogens is 278 g/mol. The van der Waals surface area contributed by atoms with Gasteiger partial charge >= 0.3 is 0 Å². The third kappa shape index (κ3) is 2.26. The molecule has 0 radical (unpaired) electrons. The van der Waals surface area contributed by atoms with Gasteiger partial charge in [-0.3, -0.25) is 0 Å². The summed E-state index contributed by atoms with van der Waals surface area (Å²) >= 11 is 1.35. The molecular formula is C13H9N3O3S. The molecule has 20 heavy (non-hydrogen) atoms. The third-order valence-corrected chi connectivity index (χ3v) is 3.49. The summed E-state index contributed by atoms with van der Waals surface area (Å²) in [6.07, 6.45) is 0. The average Bonchev–Trinajstić information content (AvgIpc) is 2.80. The van der Waals surface area contributed by atoms with Crippen LogP contribution in [-0.2, 0) is 0 Å². The van der Waals surface area contributed by atoms with Crippen LogP contribution in [0.15, 0.2) is 46.6 Å². The van der Waals surface area contributed by atoms with Crippen LogP contribution in [0, 0.1) is 0 Å². The first-order valence-electron chi connectivity index (χ1n) is 5.66. The van der Waals surface area contributed by atoms with Gasteiger partial charge in [0.05, 0.1) is 10.2 Å². The second kappa shape index (κ2) is 4.78. The van der Waals surface area contributed by atoms with E-state index >= 15 is 0 Å². The van der Waals surface area contributed by atoms with Crippen LogP contribution < -0.4 is 0 Å². The average molecular weight is 287 g/mol. The molecule has 0 aliphatic heterocycles. The summed E-state index contributed by atoms with van der Waals surface area (Å²) in [7, 11) is 0. The SMILES string of the molecule is Oc1cc(O)c(N=Nc2nc3ccccc3s2)c(O)c1. The summed E-state index contributed by atoms with van der Waals surface area (Å²) in [5, 5.41) is 36.5. The number of hydrogen-bond donors (Lipinski definition) is 3. The number of benzene rings is 2. The fourth-order valence-corrected chi connectivity index (χ4v) is 2.48. The second-order valence-corrected chi connectivity index (χ2v) is 5.01. The zero-order chi connectivity index (χ0) is 14.1. The van der Waals surface area contributed by atoms with Crippen LogP contribution in [0.5, 0.6) is 17.2 Å². The largest absolute Gasteiger partial charge is 0.508 e. The van der Waals surface area contributed by atoms with Crippen LogP contribution >= 0.6 is 11.3 Å². The van der Waals surface area contributed by atoms with E-state index in [0.717, 1.165) is 22.3 Å². The number of aromatic nitrogens is 1. The standard InChI is InChI=1S/C13H9N3O3S/c17-7-5-9(18)12(10(19)6-7)15-16-13-14-8-3-1-2-4-11(8)20-13/h1-6,17-19H. The summed E-state index contributed by atoms with van der Waals surface area (Å²) in [4.78, 5) is 4.25. The molecule has 0 aliphatic rings. The fourth-order valence-electron chi connectivity index (χ4n) is 1.69. The van der Waals surface area contributed by atoms with Gasteiger partial charge in [-0.15, -0.1) is 10.2 Å². The maximum atomic E-state index is 9.60. The Morgan fingerprint density at radius 2 is 1.65 bits per heavy atom. The first kappa shape index (κ1) is 12.4. The van der Waals surface area contributed by atoms with Gasteiger partial charge in [-0.25, -0.2) is 4.98 Å². The predicted octanol–water partition coefficient (Wildman–Crippen LogP) is 3.83. The molecule has 3 N–H and O–H groups in total. The lowest BCUT2D eigenvalue weighted by Crippen LogP contribution is -1.71. The molecule has 0 unspecified atom stereocenters. The van der Waals surface area contributed by atoms with E-state index in [-0.39, 0.29) is 22.9 Å². The Morgan fingerprint density at radius 3 is 2.35 bits per heavy atom. The highest BCUT2D eigenvalue weighted by Crippen LogP contribution is 2.40. The molecule has 1 aromatic heterocycles. The number of aromatic hydroxyl groups is 3. The topological polar surface area (TPSA) is 98.3 Å². The molecule has 0 aliphatic carbocycles. The zero-order valence-electron chi connectivity index (χ0n) is 10.1. The predicted molar refractivity (Wildman–Crippen MR) is 75.2 cm³/mol. The molecule has 0 atom stereocenters. The van der Waals surface area contributed by atoms with Gasteiger partial charge in [0.15, 0.2) is 17.2 Å². The van der Waals surface area contributed by atoms with Gasteiger partial charge in [0.25, 0.3) is 0 Å². The van der Waals surface area contributed by atoms with Crippen LogP contribution in [0.2, 0.25) is 0 Å². The molecule has 100 valence electrons. The van der Waals surface area contributed by atoms with E-state index in [1.807, 2.05) is 24.3 Å². The van der Waals surface area contributed by atoms with Gasteiger partial charge in [0.2, 0.25) is 5.13 Å². The molecule has 0 spiro atoms. The Hall–Kier alpha value is -2.67. The van der Waals surface area contributed by atoms with E-state index in [1.54, 1.807) is 0 Å². The van der Waals surface area contributed by atoms with Crippen LogP contribution in [0.25, 0.3) is 10.2 Å². The molecule has 7 heteroatoms. The van der Waals surface area contributed by atoms with E-state index < -0.39 is 0 Å². The molecule has 3 rings (SSSR count). The van der Waals surface area contributed by atoms with Crippen molar-refractivity contribution in [1.29, 1.82) is 0 Å². The molecule has 0 amide bonds. The molecule has 0 fully saturated rings. The quantitative estimate of drug-likeness (QED) is 0.624. The van der Waals surface area contributed by atoms with E-state index in [4.69, 9.17) is 0 Å². The van der Waals surface area contributed by atoms with Crippen molar-refractivity contribution >= 4 is 32.4 Å². The fraction of sp³-hybridized carbons (Fsp3) is 0. The molecule has 2 aromatic carbocycles. The Labute approximate surface area is 117 Å². The lowest BCUT2D eigenvalue weighted by atomic mass is 10.2. The number of phenolic OH excluding ortho intramolecular Hbond substituents is 3. The second-order valence-electron chi connectivity index (χ2n) is 4.00. The highest BCUT2D eigenvalue weighted by atomic mass is 32.1. The van der Waals surface area contributed by atoms with E-state index in [1.165, 1.54) is 11.3 Å². The number of azo groups is 1. The third-order valence-electron chi connectivity index (χ3n) is 2.57. The highest BCUT2D eigenvalue weighted by Gasteiger charge is 2.09. The number of para-hydroxylation sites is 1. The molecule has 6 nitrogen and oxygen atoms in total. The maximum Gasteiger partial charge on any atom is 0.231 e. The first-order valence-corrected chi connectivity index (χ1v) is 6.47. The summed E-state index contributed by atoms with van der Waals surface area (Å²) in [5.41, 5.74) is 0.702. The van der Waals surface area contributed by atoms with Crippen molar-refractivity contribution in [1.82, 2.24) is 4.98 Å². The zero-order valence-corrected chi connectivity index (χ0v) is 10.9.